The third kappa shape index (κ3) is 10.4. The fourth-order valence-electron chi connectivity index (χ4n) is 1.68. The van der Waals surface area contributed by atoms with Crippen LogP contribution in [0.1, 0.15) is 46.5 Å². The molecule has 1 amide bonds. The van der Waals surface area contributed by atoms with Crippen LogP contribution in [0.25, 0.3) is 0 Å². The SMILES string of the molecule is C=C(/C=C\C(=C/CC)NC(=O)CCCCNS(=O)(=O)C(C)C)C(F)(F)F. The van der Waals surface area contributed by atoms with Crippen molar-refractivity contribution in [2.75, 3.05) is 6.54 Å². The molecule has 0 radical (unpaired) electrons. The molecule has 0 bridgehead atoms. The number of carbonyl (C=O) groups is 1. The lowest BCUT2D eigenvalue weighted by molar-refractivity contribution is -0.120. The fourth-order valence-corrected chi connectivity index (χ4v) is 2.44. The minimum Gasteiger partial charge on any atom is -0.326 e. The number of carbonyl (C=O) groups excluding carboxylic acids is 1. The van der Waals surface area contributed by atoms with Gasteiger partial charge in [0.15, 0.2) is 0 Å². The van der Waals surface area contributed by atoms with Gasteiger partial charge in [-0.2, -0.15) is 13.2 Å². The van der Waals surface area contributed by atoms with Crippen LogP contribution in [0.15, 0.2) is 36.1 Å². The number of nitrogens with one attached hydrogen (secondary N) is 2. The number of allylic oxidation sites excluding steroid dienone is 4. The van der Waals surface area contributed by atoms with Crippen molar-refractivity contribution in [1.82, 2.24) is 10.0 Å². The molecule has 0 atom stereocenters. The van der Waals surface area contributed by atoms with Crippen molar-refractivity contribution >= 4 is 15.9 Å². The van der Waals surface area contributed by atoms with Crippen LogP contribution < -0.4 is 10.0 Å². The van der Waals surface area contributed by atoms with Gasteiger partial charge in [0.25, 0.3) is 0 Å². The van der Waals surface area contributed by atoms with E-state index in [2.05, 4.69) is 16.6 Å². The summed E-state index contributed by atoms with van der Waals surface area (Å²) >= 11 is 0. The van der Waals surface area contributed by atoms with Crippen molar-refractivity contribution in [3.63, 3.8) is 0 Å². The monoisotopic (exact) mass is 396 g/mol. The molecule has 0 heterocycles. The van der Waals surface area contributed by atoms with Crippen molar-refractivity contribution in [2.24, 2.45) is 0 Å². The quantitative estimate of drug-likeness (QED) is 0.414. The molecule has 0 aromatic rings. The van der Waals surface area contributed by atoms with E-state index in [1.807, 2.05) is 0 Å². The van der Waals surface area contributed by atoms with E-state index in [-0.39, 0.29) is 24.6 Å². The molecule has 0 fully saturated rings. The molecule has 2 N–H and O–H groups in total. The molecule has 0 aliphatic rings. The number of sulfonamides is 1. The van der Waals surface area contributed by atoms with E-state index in [1.54, 1.807) is 26.8 Å². The number of hydrogen-bond donors (Lipinski definition) is 2. The number of halogens is 3. The predicted octanol–water partition coefficient (Wildman–Crippen LogP) is 3.57. The zero-order valence-corrected chi connectivity index (χ0v) is 16.1. The lowest BCUT2D eigenvalue weighted by Gasteiger charge is -2.10. The summed E-state index contributed by atoms with van der Waals surface area (Å²) in [4.78, 5) is 11.9. The van der Waals surface area contributed by atoms with Crippen LogP contribution in [-0.2, 0) is 14.8 Å². The van der Waals surface area contributed by atoms with E-state index in [9.17, 15) is 26.4 Å². The topological polar surface area (TPSA) is 75.3 Å². The number of alkyl halides is 3. The summed E-state index contributed by atoms with van der Waals surface area (Å²) in [6, 6.07) is 0. The molecule has 26 heavy (non-hydrogen) atoms. The van der Waals surface area contributed by atoms with Crippen molar-refractivity contribution in [2.45, 2.75) is 57.9 Å². The third-order valence-electron chi connectivity index (χ3n) is 3.29. The second-order valence-corrected chi connectivity index (χ2v) is 8.24. The Balaban J connectivity index is 4.39. The van der Waals surface area contributed by atoms with Crippen LogP contribution in [-0.4, -0.2) is 32.3 Å². The lowest BCUT2D eigenvalue weighted by atomic mass is 10.2. The number of hydrogen-bond acceptors (Lipinski definition) is 3. The Hall–Kier alpha value is -1.61. The smallest absolute Gasteiger partial charge is 0.326 e. The van der Waals surface area contributed by atoms with Crippen LogP contribution in [0.5, 0.6) is 0 Å². The standard InChI is InChI=1S/C17H27F3N2O3S/c1-5-8-15(11-10-14(4)17(18,19)20)22-16(23)9-6-7-12-21-26(24,25)13(2)3/h8,10-11,13,21H,4-7,9,12H2,1-3H3,(H,22,23)/b11-10-,15-8+. The van der Waals surface area contributed by atoms with Gasteiger partial charge in [0.1, 0.15) is 0 Å². The molecule has 0 saturated carbocycles. The van der Waals surface area contributed by atoms with E-state index in [4.69, 9.17) is 0 Å². The molecule has 0 aromatic heterocycles. The van der Waals surface area contributed by atoms with Gasteiger partial charge in [-0.15, -0.1) is 0 Å². The van der Waals surface area contributed by atoms with Crippen LogP contribution in [0.3, 0.4) is 0 Å². The minimum absolute atomic E-state index is 0.137. The first-order valence-electron chi connectivity index (χ1n) is 8.32. The van der Waals surface area contributed by atoms with Gasteiger partial charge in [0.2, 0.25) is 15.9 Å². The normalized spacial score (nSPS) is 13.4. The van der Waals surface area contributed by atoms with Gasteiger partial charge in [-0.1, -0.05) is 19.6 Å². The van der Waals surface area contributed by atoms with Gasteiger partial charge in [-0.05, 0) is 45.3 Å². The van der Waals surface area contributed by atoms with E-state index < -0.39 is 27.0 Å². The number of unbranched alkanes of at least 4 members (excludes halogenated alkanes) is 1. The highest BCUT2D eigenvalue weighted by Gasteiger charge is 2.29. The predicted molar refractivity (Wildman–Crippen MR) is 96.8 cm³/mol. The third-order valence-corrected chi connectivity index (χ3v) is 5.14. The maximum Gasteiger partial charge on any atom is 0.415 e. The summed E-state index contributed by atoms with van der Waals surface area (Å²) in [6.07, 6.45) is 0.651. The summed E-state index contributed by atoms with van der Waals surface area (Å²) in [5.41, 5.74) is -0.741. The van der Waals surface area contributed by atoms with Gasteiger partial charge >= 0.3 is 6.18 Å². The van der Waals surface area contributed by atoms with Crippen LogP contribution in [0.4, 0.5) is 13.2 Å². The average molecular weight is 396 g/mol. The summed E-state index contributed by atoms with van der Waals surface area (Å²) in [5, 5.41) is 2.02. The van der Waals surface area contributed by atoms with Crippen molar-refractivity contribution in [3.8, 4) is 0 Å². The molecule has 5 nitrogen and oxygen atoms in total. The summed E-state index contributed by atoms with van der Waals surface area (Å²) < 4.78 is 62.8. The molecular formula is C17H27F3N2O3S. The maximum absolute atomic E-state index is 12.4. The highest BCUT2D eigenvalue weighted by atomic mass is 32.2. The minimum atomic E-state index is -4.51. The highest BCUT2D eigenvalue weighted by molar-refractivity contribution is 7.90. The van der Waals surface area contributed by atoms with E-state index >= 15 is 0 Å². The summed E-state index contributed by atoms with van der Waals surface area (Å²) in [6.45, 7) is 8.09. The summed E-state index contributed by atoms with van der Waals surface area (Å²) in [7, 11) is -3.32. The Morgan fingerprint density at radius 3 is 2.31 bits per heavy atom. The zero-order chi connectivity index (χ0) is 20.4. The Labute approximate surface area is 153 Å². The second-order valence-electron chi connectivity index (χ2n) is 5.92. The first-order valence-corrected chi connectivity index (χ1v) is 9.87. The lowest BCUT2D eigenvalue weighted by Crippen LogP contribution is -2.31. The van der Waals surface area contributed by atoms with Crippen molar-refractivity contribution in [3.05, 3.63) is 36.1 Å². The molecule has 9 heteroatoms. The molecule has 150 valence electrons. The Bertz CT molecular complexity index is 636. The Morgan fingerprint density at radius 2 is 1.81 bits per heavy atom. The average Bonchev–Trinajstić information content (AvgIpc) is 2.50. The maximum atomic E-state index is 12.4. The van der Waals surface area contributed by atoms with Crippen LogP contribution in [0.2, 0.25) is 0 Å². The van der Waals surface area contributed by atoms with Gasteiger partial charge in [0.05, 0.1) is 5.25 Å². The van der Waals surface area contributed by atoms with Gasteiger partial charge in [0, 0.05) is 24.2 Å². The molecule has 0 rings (SSSR count). The molecule has 0 saturated heterocycles. The molecule has 0 spiro atoms. The molecule has 0 aliphatic carbocycles. The molecular weight excluding hydrogens is 369 g/mol. The van der Waals surface area contributed by atoms with Crippen LogP contribution >= 0.6 is 0 Å². The van der Waals surface area contributed by atoms with Gasteiger partial charge < -0.3 is 5.32 Å². The first-order chi connectivity index (χ1) is 11.9. The highest BCUT2D eigenvalue weighted by Crippen LogP contribution is 2.25. The number of amides is 1. The van der Waals surface area contributed by atoms with E-state index in [0.29, 0.717) is 19.3 Å². The number of rotatable bonds is 11. The molecule has 0 aliphatic heterocycles. The molecule has 0 unspecified atom stereocenters. The zero-order valence-electron chi connectivity index (χ0n) is 15.3. The van der Waals surface area contributed by atoms with E-state index in [0.717, 1.165) is 12.2 Å². The Morgan fingerprint density at radius 1 is 1.19 bits per heavy atom. The summed E-state index contributed by atoms with van der Waals surface area (Å²) in [5.74, 6) is -0.348. The van der Waals surface area contributed by atoms with Crippen molar-refractivity contribution < 1.29 is 26.4 Å². The second kappa shape index (κ2) is 11.2. The van der Waals surface area contributed by atoms with E-state index in [1.165, 1.54) is 0 Å². The molecule has 0 aromatic carbocycles. The van der Waals surface area contributed by atoms with Crippen LogP contribution in [0, 0.1) is 0 Å². The fraction of sp³-hybridized carbons (Fsp3) is 0.588. The van der Waals surface area contributed by atoms with Gasteiger partial charge in [-0.3, -0.25) is 4.79 Å². The Kier molecular flexibility index (Phi) is 10.5. The van der Waals surface area contributed by atoms with Gasteiger partial charge in [-0.25, -0.2) is 13.1 Å². The first kappa shape index (κ1) is 24.4. The van der Waals surface area contributed by atoms with Crippen molar-refractivity contribution in [1.29, 1.82) is 0 Å². The largest absolute Gasteiger partial charge is 0.415 e.